The summed E-state index contributed by atoms with van der Waals surface area (Å²) in [5.41, 5.74) is 0. The average Bonchev–Trinajstić information content (AvgIpc) is 1.65. The van der Waals surface area contributed by atoms with Crippen LogP contribution < -0.4 is 5.32 Å². The van der Waals surface area contributed by atoms with Crippen molar-refractivity contribution in [1.82, 2.24) is 5.32 Å². The van der Waals surface area contributed by atoms with E-state index in [2.05, 4.69) is 12.2 Å². The summed E-state index contributed by atoms with van der Waals surface area (Å²) in [6, 6.07) is 0.389. The predicted molar refractivity (Wildman–Crippen MR) is 28.0 cm³/mol. The second-order valence-electron chi connectivity index (χ2n) is 2.17. The first kappa shape index (κ1) is 5.06. The Kier molecular flexibility index (Phi) is 1.30. The Balaban J connectivity index is 2.16. The van der Waals surface area contributed by atoms with Crippen molar-refractivity contribution < 1.29 is 5.11 Å². The van der Waals surface area contributed by atoms with E-state index in [1.165, 1.54) is 0 Å². The fourth-order valence-electron chi connectivity index (χ4n) is 0.765. The molecule has 0 unspecified atom stereocenters. The van der Waals surface area contributed by atoms with Gasteiger partial charge >= 0.3 is 0 Å². The zero-order valence-corrected chi connectivity index (χ0v) is 4.52. The maximum Gasteiger partial charge on any atom is 0.0587 e. The molecule has 7 heavy (non-hydrogen) atoms. The van der Waals surface area contributed by atoms with Gasteiger partial charge in [-0.3, -0.25) is 0 Å². The van der Waals surface area contributed by atoms with Gasteiger partial charge in [-0.15, -0.1) is 0 Å². The summed E-state index contributed by atoms with van der Waals surface area (Å²) in [5.74, 6) is 0.685. The van der Waals surface area contributed by atoms with Crippen LogP contribution in [0.3, 0.4) is 0 Å². The maximum atomic E-state index is 8.49. The molecular formula is C5H11NO. The minimum atomic E-state index is 0.293. The van der Waals surface area contributed by atoms with E-state index in [1.807, 2.05) is 0 Å². The van der Waals surface area contributed by atoms with E-state index in [1.54, 1.807) is 0 Å². The minimum absolute atomic E-state index is 0.293. The lowest BCUT2D eigenvalue weighted by Crippen LogP contribution is -2.53. The largest absolute Gasteiger partial charge is 0.395 e. The number of nitrogens with one attached hydrogen (secondary N) is 1. The third-order valence-electron chi connectivity index (χ3n) is 1.59. The second-order valence-corrected chi connectivity index (χ2v) is 2.17. The highest BCUT2D eigenvalue weighted by Gasteiger charge is 2.23. The summed E-state index contributed by atoms with van der Waals surface area (Å²) < 4.78 is 0. The van der Waals surface area contributed by atoms with Gasteiger partial charge in [0.2, 0.25) is 0 Å². The smallest absolute Gasteiger partial charge is 0.0587 e. The Labute approximate surface area is 43.5 Å². The Bertz CT molecular complexity index is 63.1. The van der Waals surface area contributed by atoms with Gasteiger partial charge in [0.05, 0.1) is 6.61 Å². The molecule has 0 aromatic heterocycles. The molecule has 1 heterocycles. The van der Waals surface area contributed by atoms with Gasteiger partial charge in [0, 0.05) is 6.04 Å². The van der Waals surface area contributed by atoms with Crippen molar-refractivity contribution in [3.05, 3.63) is 0 Å². The fourth-order valence-corrected chi connectivity index (χ4v) is 0.765. The molecule has 0 aliphatic carbocycles. The van der Waals surface area contributed by atoms with Crippen LogP contribution in [0.25, 0.3) is 0 Å². The monoisotopic (exact) mass is 101 g/mol. The molecule has 2 nitrogen and oxygen atoms in total. The normalized spacial score (nSPS) is 40.3. The molecule has 2 N–H and O–H groups in total. The van der Waals surface area contributed by atoms with Gasteiger partial charge in [-0.2, -0.15) is 0 Å². The van der Waals surface area contributed by atoms with E-state index in [0.717, 1.165) is 6.54 Å². The molecule has 1 fully saturated rings. The van der Waals surface area contributed by atoms with Gasteiger partial charge in [0.1, 0.15) is 0 Å². The van der Waals surface area contributed by atoms with Crippen molar-refractivity contribution in [2.45, 2.75) is 13.0 Å². The zero-order chi connectivity index (χ0) is 5.28. The summed E-state index contributed by atoms with van der Waals surface area (Å²) in [6.07, 6.45) is 0. The van der Waals surface area contributed by atoms with Gasteiger partial charge < -0.3 is 10.4 Å². The van der Waals surface area contributed by atoms with E-state index >= 15 is 0 Å². The van der Waals surface area contributed by atoms with Gasteiger partial charge in [-0.25, -0.2) is 0 Å². The molecule has 0 amide bonds. The first-order valence-electron chi connectivity index (χ1n) is 2.69. The molecule has 1 saturated heterocycles. The number of hydrogen-bond donors (Lipinski definition) is 2. The van der Waals surface area contributed by atoms with Crippen LogP contribution in [0.5, 0.6) is 0 Å². The molecule has 2 atom stereocenters. The molecule has 1 aliphatic rings. The molecule has 42 valence electrons. The van der Waals surface area contributed by atoms with E-state index in [4.69, 9.17) is 5.11 Å². The highest BCUT2D eigenvalue weighted by atomic mass is 16.3. The lowest BCUT2D eigenvalue weighted by atomic mass is 9.95. The third kappa shape index (κ3) is 0.763. The lowest BCUT2D eigenvalue weighted by Gasteiger charge is -2.33. The van der Waals surface area contributed by atoms with Crippen LogP contribution in [-0.2, 0) is 0 Å². The SMILES string of the molecule is C[C@H]1CN[C@@H]1CO. The molecule has 0 radical (unpaired) electrons. The quantitative estimate of drug-likeness (QED) is 0.470. The number of hydrogen-bond acceptors (Lipinski definition) is 2. The highest BCUT2D eigenvalue weighted by molar-refractivity contribution is 4.83. The van der Waals surface area contributed by atoms with E-state index in [-0.39, 0.29) is 0 Å². The van der Waals surface area contributed by atoms with Crippen molar-refractivity contribution >= 4 is 0 Å². The van der Waals surface area contributed by atoms with Crippen molar-refractivity contribution in [2.24, 2.45) is 5.92 Å². The van der Waals surface area contributed by atoms with E-state index in [0.29, 0.717) is 18.6 Å². The summed E-state index contributed by atoms with van der Waals surface area (Å²) in [5, 5.41) is 11.6. The van der Waals surface area contributed by atoms with Crippen LogP contribution >= 0.6 is 0 Å². The van der Waals surface area contributed by atoms with Crippen LogP contribution in [0.2, 0.25) is 0 Å². The van der Waals surface area contributed by atoms with Crippen LogP contribution in [0.15, 0.2) is 0 Å². The number of rotatable bonds is 1. The molecular weight excluding hydrogens is 90.1 g/mol. The Hall–Kier alpha value is -0.0800. The van der Waals surface area contributed by atoms with Crippen molar-refractivity contribution in [1.29, 1.82) is 0 Å². The Morgan fingerprint density at radius 1 is 1.86 bits per heavy atom. The highest BCUT2D eigenvalue weighted by Crippen LogP contribution is 2.09. The molecule has 0 saturated carbocycles. The molecule has 2 heteroatoms. The van der Waals surface area contributed by atoms with Crippen molar-refractivity contribution in [3.63, 3.8) is 0 Å². The van der Waals surface area contributed by atoms with E-state index < -0.39 is 0 Å². The molecule has 0 bridgehead atoms. The first-order valence-corrected chi connectivity index (χ1v) is 2.69. The lowest BCUT2D eigenvalue weighted by molar-refractivity contribution is 0.147. The van der Waals surface area contributed by atoms with Crippen molar-refractivity contribution in [3.8, 4) is 0 Å². The maximum absolute atomic E-state index is 8.49. The van der Waals surface area contributed by atoms with Gasteiger partial charge in [0.15, 0.2) is 0 Å². The Morgan fingerprint density at radius 3 is 2.57 bits per heavy atom. The standard InChI is InChI=1S/C5H11NO/c1-4-2-6-5(4)3-7/h4-7H,2-3H2,1H3/t4-,5+/m0/s1. The summed E-state index contributed by atoms with van der Waals surface area (Å²) in [4.78, 5) is 0. The Morgan fingerprint density at radius 2 is 2.57 bits per heavy atom. The van der Waals surface area contributed by atoms with Crippen molar-refractivity contribution in [2.75, 3.05) is 13.2 Å². The predicted octanol–water partition coefficient (Wildman–Crippen LogP) is -0.413. The molecule has 0 aromatic carbocycles. The van der Waals surface area contributed by atoms with Gasteiger partial charge in [-0.1, -0.05) is 6.92 Å². The minimum Gasteiger partial charge on any atom is -0.395 e. The van der Waals surface area contributed by atoms with Gasteiger partial charge in [-0.05, 0) is 12.5 Å². The molecule has 1 rings (SSSR count). The van der Waals surface area contributed by atoms with Crippen LogP contribution in [0.1, 0.15) is 6.92 Å². The topological polar surface area (TPSA) is 32.3 Å². The summed E-state index contributed by atoms with van der Waals surface area (Å²) in [6.45, 7) is 3.50. The average molecular weight is 101 g/mol. The van der Waals surface area contributed by atoms with Crippen LogP contribution in [-0.4, -0.2) is 24.3 Å². The molecule has 0 aromatic rings. The first-order chi connectivity index (χ1) is 3.34. The van der Waals surface area contributed by atoms with E-state index in [9.17, 15) is 0 Å². The number of aliphatic hydroxyl groups excluding tert-OH is 1. The third-order valence-corrected chi connectivity index (χ3v) is 1.59. The second kappa shape index (κ2) is 1.80. The molecule has 0 spiro atoms. The summed E-state index contributed by atoms with van der Waals surface area (Å²) in [7, 11) is 0. The van der Waals surface area contributed by atoms with Gasteiger partial charge in [0.25, 0.3) is 0 Å². The zero-order valence-electron chi connectivity index (χ0n) is 4.52. The summed E-state index contributed by atoms with van der Waals surface area (Å²) >= 11 is 0. The van der Waals surface area contributed by atoms with Crippen LogP contribution in [0.4, 0.5) is 0 Å². The molecule has 1 aliphatic heterocycles. The number of aliphatic hydroxyl groups is 1. The van der Waals surface area contributed by atoms with Crippen LogP contribution in [0, 0.1) is 5.92 Å². The fraction of sp³-hybridized carbons (Fsp3) is 1.00.